The van der Waals surface area contributed by atoms with Crippen LogP contribution in [0.4, 0.5) is 0 Å². The molecule has 0 aromatic heterocycles. The normalized spacial score (nSPS) is 42.0. The number of rotatable bonds is 0. The molecule has 0 N–H and O–H groups in total. The first-order valence-electron chi connectivity index (χ1n) is 2.56. The predicted molar refractivity (Wildman–Crippen MR) is 26.0 cm³/mol. The van der Waals surface area contributed by atoms with E-state index in [4.69, 9.17) is 9.47 Å². The van der Waals surface area contributed by atoms with E-state index in [-0.39, 0.29) is 6.29 Å². The van der Waals surface area contributed by atoms with E-state index in [1.165, 1.54) is 0 Å². The Labute approximate surface area is 43.4 Å². The van der Waals surface area contributed by atoms with E-state index in [2.05, 4.69) is 0 Å². The molecular formula is C5H10O2. The molecule has 1 rings (SSSR count). The van der Waals surface area contributed by atoms with Gasteiger partial charge in [0.25, 0.3) is 0 Å². The summed E-state index contributed by atoms with van der Waals surface area (Å²) in [6.45, 7) is 4.66. The van der Waals surface area contributed by atoms with E-state index in [0.717, 1.165) is 6.61 Å². The molecule has 0 radical (unpaired) electrons. The fourth-order valence-electron chi connectivity index (χ4n) is 0.677. The second-order valence-electron chi connectivity index (χ2n) is 1.85. The molecule has 1 aliphatic heterocycles. The van der Waals surface area contributed by atoms with Crippen LogP contribution in [0.3, 0.4) is 0 Å². The number of hydrogen-bond acceptors (Lipinski definition) is 2. The quantitative estimate of drug-likeness (QED) is 0.449. The molecule has 7 heavy (non-hydrogen) atoms. The highest BCUT2D eigenvalue weighted by molar-refractivity contribution is 4.54. The molecule has 2 nitrogen and oxygen atoms in total. The zero-order chi connectivity index (χ0) is 5.28. The molecule has 2 heteroatoms. The smallest absolute Gasteiger partial charge is 0.155 e. The summed E-state index contributed by atoms with van der Waals surface area (Å²) in [6, 6.07) is 0. The van der Waals surface area contributed by atoms with Crippen molar-refractivity contribution in [2.24, 2.45) is 0 Å². The van der Waals surface area contributed by atoms with Gasteiger partial charge in [-0.05, 0) is 13.8 Å². The van der Waals surface area contributed by atoms with Crippen LogP contribution < -0.4 is 0 Å². The average Bonchev–Trinajstić information content (AvgIpc) is 1.87. The van der Waals surface area contributed by atoms with E-state index in [1.54, 1.807) is 0 Å². The fraction of sp³-hybridized carbons (Fsp3) is 1.00. The average molecular weight is 102 g/mol. The van der Waals surface area contributed by atoms with Crippen LogP contribution in [-0.4, -0.2) is 19.0 Å². The van der Waals surface area contributed by atoms with Crippen molar-refractivity contribution in [1.29, 1.82) is 0 Å². The molecule has 2 atom stereocenters. The Morgan fingerprint density at radius 3 is 2.29 bits per heavy atom. The van der Waals surface area contributed by atoms with Crippen LogP contribution in [0, 0.1) is 0 Å². The second-order valence-corrected chi connectivity index (χ2v) is 1.85. The Kier molecular flexibility index (Phi) is 1.30. The molecule has 0 saturated carbocycles. The van der Waals surface area contributed by atoms with Gasteiger partial charge in [-0.3, -0.25) is 0 Å². The molecule has 1 fully saturated rings. The van der Waals surface area contributed by atoms with Crippen molar-refractivity contribution >= 4 is 0 Å². The minimum Gasteiger partial charge on any atom is -0.350 e. The summed E-state index contributed by atoms with van der Waals surface area (Å²) in [6.07, 6.45) is 0.324. The largest absolute Gasteiger partial charge is 0.350 e. The van der Waals surface area contributed by atoms with Gasteiger partial charge in [-0.2, -0.15) is 0 Å². The van der Waals surface area contributed by atoms with Gasteiger partial charge in [0.15, 0.2) is 6.29 Å². The summed E-state index contributed by atoms with van der Waals surface area (Å²) < 4.78 is 10.2. The standard InChI is InChI=1S/C5H10O2/c1-4-3-6-5(2)7-4/h4-5H,3H2,1-2H3/t4?,5-/m1/s1. The van der Waals surface area contributed by atoms with Crippen LogP contribution in [-0.2, 0) is 9.47 Å². The van der Waals surface area contributed by atoms with Crippen LogP contribution >= 0.6 is 0 Å². The minimum atomic E-state index is 0.0231. The summed E-state index contributed by atoms with van der Waals surface area (Å²) >= 11 is 0. The Balaban J connectivity index is 2.26. The number of ether oxygens (including phenoxy) is 2. The van der Waals surface area contributed by atoms with Gasteiger partial charge >= 0.3 is 0 Å². The molecule has 1 saturated heterocycles. The molecular weight excluding hydrogens is 92.1 g/mol. The molecule has 1 unspecified atom stereocenters. The lowest BCUT2D eigenvalue weighted by Crippen LogP contribution is -2.03. The first-order valence-corrected chi connectivity index (χ1v) is 2.56. The molecule has 1 aliphatic rings. The molecule has 1 heterocycles. The van der Waals surface area contributed by atoms with Crippen molar-refractivity contribution in [3.05, 3.63) is 0 Å². The van der Waals surface area contributed by atoms with E-state index in [9.17, 15) is 0 Å². The molecule has 0 aromatic rings. The van der Waals surface area contributed by atoms with E-state index in [1.807, 2.05) is 13.8 Å². The van der Waals surface area contributed by atoms with Crippen LogP contribution in [0.1, 0.15) is 13.8 Å². The van der Waals surface area contributed by atoms with Crippen LogP contribution in [0.15, 0.2) is 0 Å². The second kappa shape index (κ2) is 1.80. The van der Waals surface area contributed by atoms with Gasteiger partial charge in [-0.15, -0.1) is 0 Å². The third kappa shape index (κ3) is 1.14. The van der Waals surface area contributed by atoms with E-state index < -0.39 is 0 Å². The highest BCUT2D eigenvalue weighted by Crippen LogP contribution is 2.08. The SMILES string of the molecule is CC1CO[C@@H](C)O1. The summed E-state index contributed by atoms with van der Waals surface area (Å²) in [5.41, 5.74) is 0. The lowest BCUT2D eigenvalue weighted by molar-refractivity contribution is -0.0389. The Morgan fingerprint density at radius 1 is 1.43 bits per heavy atom. The van der Waals surface area contributed by atoms with Crippen LogP contribution in [0.25, 0.3) is 0 Å². The summed E-state index contributed by atoms with van der Waals surface area (Å²) in [5, 5.41) is 0. The zero-order valence-corrected chi connectivity index (χ0v) is 4.68. The first-order chi connectivity index (χ1) is 3.29. The van der Waals surface area contributed by atoms with E-state index >= 15 is 0 Å². The lowest BCUT2D eigenvalue weighted by Gasteiger charge is -1.98. The Hall–Kier alpha value is -0.0800. The third-order valence-electron chi connectivity index (χ3n) is 0.990. The summed E-state index contributed by atoms with van der Waals surface area (Å²) in [7, 11) is 0. The molecule has 0 spiro atoms. The van der Waals surface area contributed by atoms with Crippen molar-refractivity contribution in [3.63, 3.8) is 0 Å². The lowest BCUT2D eigenvalue weighted by atomic mass is 10.5. The maximum Gasteiger partial charge on any atom is 0.155 e. The highest BCUT2D eigenvalue weighted by atomic mass is 16.7. The molecule has 0 amide bonds. The first kappa shape index (κ1) is 5.06. The van der Waals surface area contributed by atoms with Crippen molar-refractivity contribution in [3.8, 4) is 0 Å². The summed E-state index contributed by atoms with van der Waals surface area (Å²) in [4.78, 5) is 0. The Morgan fingerprint density at radius 2 is 2.14 bits per heavy atom. The van der Waals surface area contributed by atoms with Crippen molar-refractivity contribution in [2.75, 3.05) is 6.61 Å². The number of hydrogen-bond donors (Lipinski definition) is 0. The zero-order valence-electron chi connectivity index (χ0n) is 4.68. The fourth-order valence-corrected chi connectivity index (χ4v) is 0.677. The third-order valence-corrected chi connectivity index (χ3v) is 0.990. The highest BCUT2D eigenvalue weighted by Gasteiger charge is 2.16. The van der Waals surface area contributed by atoms with Crippen molar-refractivity contribution in [2.45, 2.75) is 26.2 Å². The molecule has 42 valence electrons. The van der Waals surface area contributed by atoms with Gasteiger partial charge in [0.1, 0.15) is 0 Å². The topological polar surface area (TPSA) is 18.5 Å². The molecule has 0 aromatic carbocycles. The van der Waals surface area contributed by atoms with E-state index in [0.29, 0.717) is 6.10 Å². The van der Waals surface area contributed by atoms with Crippen LogP contribution in [0.5, 0.6) is 0 Å². The minimum absolute atomic E-state index is 0.0231. The maximum atomic E-state index is 5.14. The van der Waals surface area contributed by atoms with Crippen LogP contribution in [0.2, 0.25) is 0 Å². The van der Waals surface area contributed by atoms with Gasteiger partial charge in [-0.25, -0.2) is 0 Å². The van der Waals surface area contributed by atoms with Gasteiger partial charge in [0, 0.05) is 0 Å². The Bertz CT molecular complexity index is 55.1. The van der Waals surface area contributed by atoms with Gasteiger partial charge < -0.3 is 9.47 Å². The molecule has 0 aliphatic carbocycles. The van der Waals surface area contributed by atoms with Gasteiger partial charge in [0.2, 0.25) is 0 Å². The summed E-state index contributed by atoms with van der Waals surface area (Å²) in [5.74, 6) is 0. The maximum absolute atomic E-state index is 5.14. The monoisotopic (exact) mass is 102 g/mol. The van der Waals surface area contributed by atoms with Gasteiger partial charge in [0.05, 0.1) is 12.7 Å². The van der Waals surface area contributed by atoms with Gasteiger partial charge in [-0.1, -0.05) is 0 Å². The molecule has 0 bridgehead atoms. The predicted octanol–water partition coefficient (Wildman–Crippen LogP) is 0.768. The van der Waals surface area contributed by atoms with Crippen molar-refractivity contribution in [1.82, 2.24) is 0 Å². The van der Waals surface area contributed by atoms with Crippen molar-refractivity contribution < 1.29 is 9.47 Å².